The fraction of sp³-hybridized carbons (Fsp3) is 0.652. The SMILES string of the molecule is CC(=N)N.CN1CCNCC1.COC(=O)CC(=O)C(OC)OC.COC(OC)c1cc(=O)[nH]c(C)n1.COC(OC)c1cc(N2CCN(C)CC2)nc(C)n1.Cc1nc(C=O)cc(N2CCN(C)CC2)n1.Cl.O=S(=O)(O)O. The number of methoxy groups -OCH3 is 7. The third kappa shape index (κ3) is 34.2. The number of amidine groups is 1. The first-order chi connectivity index (χ1) is 35.8. The van der Waals surface area contributed by atoms with E-state index in [0.29, 0.717) is 23.0 Å². The zero-order chi connectivity index (χ0) is 58.0. The molecule has 3 saturated heterocycles. The normalized spacial score (nSPS) is 14.6. The summed E-state index contributed by atoms with van der Waals surface area (Å²) in [6.45, 7) is 19.7. The number of hydrogen-bond donors (Lipinski definition) is 6. The molecule has 7 N–H and O–H groups in total. The van der Waals surface area contributed by atoms with Crippen molar-refractivity contribution in [1.29, 1.82) is 5.41 Å². The Morgan fingerprint density at radius 1 is 0.688 bits per heavy atom. The molecule has 3 aliphatic rings. The van der Waals surface area contributed by atoms with Gasteiger partial charge in [0.05, 0.1) is 12.9 Å². The van der Waals surface area contributed by atoms with E-state index in [0.717, 1.165) is 94.9 Å². The van der Waals surface area contributed by atoms with Crippen LogP contribution in [-0.2, 0) is 53.1 Å². The zero-order valence-corrected chi connectivity index (χ0v) is 48.4. The lowest BCUT2D eigenvalue weighted by molar-refractivity contribution is -0.161. The minimum Gasteiger partial charge on any atom is -0.469 e. The summed E-state index contributed by atoms with van der Waals surface area (Å²) in [5.41, 5.74) is 6.20. The van der Waals surface area contributed by atoms with Gasteiger partial charge in [0, 0.05) is 139 Å². The second-order valence-electron chi connectivity index (χ2n) is 16.7. The van der Waals surface area contributed by atoms with E-state index in [1.807, 2.05) is 19.9 Å². The Labute approximate surface area is 458 Å². The molecule has 6 rings (SSSR count). The molecule has 3 fully saturated rings. The molecule has 3 aromatic rings. The summed E-state index contributed by atoms with van der Waals surface area (Å²) >= 11 is 0. The summed E-state index contributed by atoms with van der Waals surface area (Å²) in [5.74, 6) is 2.87. The van der Waals surface area contributed by atoms with Crippen LogP contribution in [0.4, 0.5) is 11.6 Å². The monoisotopic (exact) mass is 1140 g/mol. The van der Waals surface area contributed by atoms with Crippen LogP contribution in [0, 0.1) is 26.2 Å². The smallest absolute Gasteiger partial charge is 0.394 e. The number of esters is 1. The number of ketones is 1. The third-order valence-corrected chi connectivity index (χ3v) is 10.3. The molecule has 0 atom stereocenters. The standard InChI is InChI=1S/C13H22N4O2.C11H16N4O.C8H12N2O3.C7H12O5.C5H12N2.C2H6N2.ClH.H2O4S/c1-10-14-11(13(18-3)19-4)9-12(15-10)17-7-5-16(2)6-8-17;1-9-12-10(8-16)7-11(13-9)15-5-3-14(2)4-6-15;1-5-9-6(4-7(11)10-5)8(12-2)13-3;1-10-6(9)4-5(8)7(11-2)12-3;1-7-4-2-6-3-5-7;1-2(3)4;;1-5(2,3)4/h9,13H,5-8H2,1-4H3;7-8H,3-6H2,1-2H3;4,8H,1-3H3,(H,9,10,11);7H,4H2,1-3H3;6H,2-5H2,1H3;1H3,(H3,3,4);1H;(H2,1,2,3,4). The van der Waals surface area contributed by atoms with Crippen LogP contribution in [0.1, 0.15) is 65.3 Å². The number of aldehydes is 1. The molecule has 0 saturated carbocycles. The fourth-order valence-corrected chi connectivity index (χ4v) is 6.56. The first-order valence-corrected chi connectivity index (χ1v) is 24.9. The van der Waals surface area contributed by atoms with Gasteiger partial charge in [-0.3, -0.25) is 33.7 Å². The van der Waals surface area contributed by atoms with E-state index < -0.39 is 41.0 Å². The molecule has 3 aromatic heterocycles. The Balaban J connectivity index is 0. The topological polar surface area (TPSA) is 366 Å². The maximum Gasteiger partial charge on any atom is 0.394 e. The molecule has 3 aliphatic heterocycles. The number of aromatic amines is 1. The van der Waals surface area contributed by atoms with Crippen molar-refractivity contribution in [3.05, 3.63) is 63.1 Å². The highest BCUT2D eigenvalue weighted by molar-refractivity contribution is 7.79. The van der Waals surface area contributed by atoms with Crippen LogP contribution >= 0.6 is 12.4 Å². The summed E-state index contributed by atoms with van der Waals surface area (Å²) < 4.78 is 65.6. The molecule has 440 valence electrons. The lowest BCUT2D eigenvalue weighted by Crippen LogP contribution is -2.45. The van der Waals surface area contributed by atoms with Gasteiger partial charge in [-0.1, -0.05) is 0 Å². The van der Waals surface area contributed by atoms with Crippen molar-refractivity contribution in [2.75, 3.05) is 159 Å². The average molecular weight is 1140 g/mol. The Hall–Kier alpha value is -5.32. The van der Waals surface area contributed by atoms with Crippen LogP contribution in [0.3, 0.4) is 0 Å². The number of aryl methyl sites for hydroxylation is 3. The Morgan fingerprint density at radius 3 is 1.43 bits per heavy atom. The quantitative estimate of drug-likeness (QED) is 0.0244. The number of carbonyl (C=O) groups excluding carboxylic acids is 3. The zero-order valence-electron chi connectivity index (χ0n) is 46.8. The van der Waals surface area contributed by atoms with Gasteiger partial charge in [0.25, 0.3) is 5.56 Å². The van der Waals surface area contributed by atoms with Crippen LogP contribution in [0.15, 0.2) is 23.0 Å². The van der Waals surface area contributed by atoms with Crippen molar-refractivity contribution in [3.8, 4) is 0 Å². The van der Waals surface area contributed by atoms with Gasteiger partial charge in [0.15, 0.2) is 12.1 Å². The van der Waals surface area contributed by atoms with Crippen LogP contribution < -0.4 is 26.4 Å². The number of halogens is 1. The Bertz CT molecular complexity index is 2300. The van der Waals surface area contributed by atoms with E-state index in [9.17, 15) is 19.2 Å². The number of aromatic nitrogens is 6. The van der Waals surface area contributed by atoms with Crippen molar-refractivity contribution >= 4 is 58.3 Å². The average Bonchev–Trinajstić information content (AvgIpc) is 3.35. The number of nitrogens with one attached hydrogen (secondary N) is 3. The molecule has 0 spiro atoms. The van der Waals surface area contributed by atoms with Crippen molar-refractivity contribution in [3.63, 3.8) is 0 Å². The molecule has 0 aliphatic carbocycles. The number of anilines is 2. The number of piperazine rings is 3. The second kappa shape index (κ2) is 40.8. The van der Waals surface area contributed by atoms with Crippen LogP contribution in [-0.4, -0.2) is 242 Å². The molecule has 0 radical (unpaired) electrons. The minimum atomic E-state index is -4.67. The summed E-state index contributed by atoms with van der Waals surface area (Å²) in [7, 11) is 11.8. The van der Waals surface area contributed by atoms with E-state index >= 15 is 0 Å². The van der Waals surface area contributed by atoms with E-state index in [1.54, 1.807) is 27.2 Å². The van der Waals surface area contributed by atoms with Crippen molar-refractivity contribution in [1.82, 2.24) is 49.9 Å². The third-order valence-electron chi connectivity index (χ3n) is 10.3. The maximum atomic E-state index is 11.0. The second-order valence-corrected chi connectivity index (χ2v) is 17.6. The van der Waals surface area contributed by atoms with E-state index in [-0.39, 0.29) is 30.2 Å². The number of rotatable bonds is 14. The largest absolute Gasteiger partial charge is 0.469 e. The summed E-state index contributed by atoms with van der Waals surface area (Å²) in [4.78, 5) is 78.7. The summed E-state index contributed by atoms with van der Waals surface area (Å²) in [6, 6.07) is 5.06. The summed E-state index contributed by atoms with van der Waals surface area (Å²) in [5, 5.41) is 9.55. The number of Topliss-reactive ketones (excluding diaryl/α,β-unsaturated/α-hetero) is 1. The molecule has 0 bridgehead atoms. The van der Waals surface area contributed by atoms with Gasteiger partial charge in [-0.25, -0.2) is 24.9 Å². The number of H-pyrrole nitrogens is 1. The number of carbonyl (C=O) groups is 3. The van der Waals surface area contributed by atoms with Crippen molar-refractivity contribution in [2.45, 2.75) is 53.0 Å². The van der Waals surface area contributed by atoms with Gasteiger partial charge in [0.1, 0.15) is 52.6 Å². The molecule has 0 unspecified atom stereocenters. The lowest BCUT2D eigenvalue weighted by Gasteiger charge is -2.33. The van der Waals surface area contributed by atoms with Crippen molar-refractivity contribution < 1.29 is 65.1 Å². The molecular weight excluding hydrogens is 1060 g/mol. The molecule has 6 heterocycles. The van der Waals surface area contributed by atoms with Crippen molar-refractivity contribution in [2.24, 2.45) is 5.73 Å². The highest BCUT2D eigenvalue weighted by atomic mass is 35.5. The van der Waals surface area contributed by atoms with Crippen LogP contribution in [0.5, 0.6) is 0 Å². The van der Waals surface area contributed by atoms with Gasteiger partial charge < -0.3 is 73.7 Å². The number of nitrogens with zero attached hydrogens (tertiary/aromatic N) is 10. The van der Waals surface area contributed by atoms with Crippen LogP contribution in [0.2, 0.25) is 0 Å². The number of ether oxygens (including phenoxy) is 7. The van der Waals surface area contributed by atoms with Crippen LogP contribution in [0.25, 0.3) is 0 Å². The van der Waals surface area contributed by atoms with Gasteiger partial charge in [-0.15, -0.1) is 12.4 Å². The Morgan fingerprint density at radius 2 is 1.08 bits per heavy atom. The number of nitrogens with two attached hydrogens (primary N) is 1. The molecule has 29 nitrogen and oxygen atoms in total. The molecule has 31 heteroatoms. The Kier molecular flexibility index (Phi) is 39.1. The lowest BCUT2D eigenvalue weighted by atomic mass is 10.3. The molecular formula is C46H83ClN14O15S. The fourth-order valence-electron chi connectivity index (χ4n) is 6.56. The predicted molar refractivity (Wildman–Crippen MR) is 290 cm³/mol. The molecule has 0 amide bonds. The number of likely N-dealkylation sites (N-methyl/N-ethyl adjacent to an activating group) is 3. The van der Waals surface area contributed by atoms with E-state index in [2.05, 4.69) is 95.1 Å². The predicted octanol–water partition coefficient (Wildman–Crippen LogP) is 0.517. The summed E-state index contributed by atoms with van der Waals surface area (Å²) in [6.07, 6.45) is -1.56. The number of hydrogen-bond acceptors (Lipinski definition) is 25. The van der Waals surface area contributed by atoms with Gasteiger partial charge in [-0.05, 0) is 48.8 Å². The van der Waals surface area contributed by atoms with Gasteiger partial charge in [-0.2, -0.15) is 8.42 Å². The molecule has 0 aromatic carbocycles. The van der Waals surface area contributed by atoms with E-state index in [4.69, 9.17) is 47.6 Å². The first kappa shape index (κ1) is 73.8. The van der Waals surface area contributed by atoms with Gasteiger partial charge in [0.2, 0.25) is 18.9 Å². The maximum absolute atomic E-state index is 11.0. The van der Waals surface area contributed by atoms with E-state index in [1.165, 1.54) is 61.6 Å². The highest BCUT2D eigenvalue weighted by Crippen LogP contribution is 2.21. The minimum absolute atomic E-state index is 0. The molecule has 77 heavy (non-hydrogen) atoms. The van der Waals surface area contributed by atoms with Gasteiger partial charge >= 0.3 is 16.4 Å². The first-order valence-electron chi connectivity index (χ1n) is 23.5. The highest BCUT2D eigenvalue weighted by Gasteiger charge is 2.21.